The van der Waals surface area contributed by atoms with Crippen molar-refractivity contribution in [3.63, 3.8) is 0 Å². The van der Waals surface area contributed by atoms with Crippen LogP contribution in [0.3, 0.4) is 0 Å². The fourth-order valence-corrected chi connectivity index (χ4v) is 4.87. The van der Waals surface area contributed by atoms with Crippen LogP contribution in [0.2, 0.25) is 0 Å². The van der Waals surface area contributed by atoms with Gasteiger partial charge in [0.1, 0.15) is 0 Å². The lowest BCUT2D eigenvalue weighted by atomic mass is 9.89. The van der Waals surface area contributed by atoms with Gasteiger partial charge < -0.3 is 15.1 Å². The van der Waals surface area contributed by atoms with E-state index in [-0.39, 0.29) is 6.03 Å². The highest BCUT2D eigenvalue weighted by atomic mass is 16.2. The SMILES string of the molecule is Cc1cc(C)cc(NC(=O)N2CCC(CN3C[C@H](C)C[C@@H](C)C3)CC2)c1. The Hall–Kier alpha value is -1.55. The summed E-state index contributed by atoms with van der Waals surface area (Å²) < 4.78 is 0. The van der Waals surface area contributed by atoms with Gasteiger partial charge in [0, 0.05) is 38.4 Å². The minimum Gasteiger partial charge on any atom is -0.325 e. The van der Waals surface area contributed by atoms with Crippen molar-refractivity contribution in [2.24, 2.45) is 17.8 Å². The third-order valence-electron chi connectivity index (χ3n) is 5.84. The van der Waals surface area contributed by atoms with Crippen molar-refractivity contribution in [2.75, 3.05) is 38.0 Å². The standard InChI is InChI=1S/C22H35N3O/c1-16-9-17(2)12-21(11-16)23-22(26)25-7-5-20(6-8-25)15-24-13-18(3)10-19(4)14-24/h9,11-12,18-20H,5-8,10,13-15H2,1-4H3,(H,23,26)/t18-,19-/m1/s1. The number of hydrogen-bond acceptors (Lipinski definition) is 2. The number of anilines is 1. The van der Waals surface area contributed by atoms with Gasteiger partial charge >= 0.3 is 6.03 Å². The molecule has 2 amide bonds. The number of likely N-dealkylation sites (tertiary alicyclic amines) is 2. The lowest BCUT2D eigenvalue weighted by Crippen LogP contribution is -2.46. The van der Waals surface area contributed by atoms with Crippen LogP contribution in [0.1, 0.15) is 44.2 Å². The molecule has 4 nitrogen and oxygen atoms in total. The normalized spacial score (nSPS) is 25.3. The molecule has 0 bridgehead atoms. The number of hydrogen-bond donors (Lipinski definition) is 1. The van der Waals surface area contributed by atoms with Gasteiger partial charge in [-0.2, -0.15) is 0 Å². The number of aryl methyl sites for hydroxylation is 2. The van der Waals surface area contributed by atoms with E-state index in [0.717, 1.165) is 49.4 Å². The predicted molar refractivity (Wildman–Crippen MR) is 109 cm³/mol. The molecule has 0 radical (unpaired) electrons. The molecule has 1 N–H and O–H groups in total. The van der Waals surface area contributed by atoms with Crippen molar-refractivity contribution in [3.8, 4) is 0 Å². The van der Waals surface area contributed by atoms with Crippen molar-refractivity contribution < 1.29 is 4.79 Å². The van der Waals surface area contributed by atoms with E-state index in [0.29, 0.717) is 0 Å². The Morgan fingerprint density at radius 2 is 1.62 bits per heavy atom. The molecular formula is C22H35N3O. The Labute approximate surface area is 158 Å². The second kappa shape index (κ2) is 8.43. The number of nitrogens with one attached hydrogen (secondary N) is 1. The molecule has 2 saturated heterocycles. The van der Waals surface area contributed by atoms with Crippen molar-refractivity contribution in [2.45, 2.75) is 47.0 Å². The third kappa shape index (κ3) is 5.23. The summed E-state index contributed by atoms with van der Waals surface area (Å²) in [6.45, 7) is 14.3. The van der Waals surface area contributed by atoms with Crippen LogP contribution in [0.4, 0.5) is 10.5 Å². The molecule has 144 valence electrons. The zero-order valence-corrected chi connectivity index (χ0v) is 16.9. The van der Waals surface area contributed by atoms with Crippen molar-refractivity contribution in [1.82, 2.24) is 9.80 Å². The van der Waals surface area contributed by atoms with Gasteiger partial charge in [-0.1, -0.05) is 19.9 Å². The third-order valence-corrected chi connectivity index (χ3v) is 5.84. The first-order valence-corrected chi connectivity index (χ1v) is 10.3. The van der Waals surface area contributed by atoms with E-state index in [9.17, 15) is 4.79 Å². The maximum absolute atomic E-state index is 12.6. The van der Waals surface area contributed by atoms with Gasteiger partial charge in [0.05, 0.1) is 0 Å². The van der Waals surface area contributed by atoms with Crippen molar-refractivity contribution >= 4 is 11.7 Å². The highest BCUT2D eigenvalue weighted by molar-refractivity contribution is 5.89. The van der Waals surface area contributed by atoms with Gasteiger partial charge in [0.15, 0.2) is 0 Å². The second-order valence-electron chi connectivity index (χ2n) is 8.90. The molecule has 2 fully saturated rings. The average Bonchev–Trinajstić information content (AvgIpc) is 2.53. The van der Waals surface area contributed by atoms with Gasteiger partial charge in [-0.05, 0) is 74.1 Å². The zero-order chi connectivity index (χ0) is 18.7. The molecule has 26 heavy (non-hydrogen) atoms. The molecule has 2 atom stereocenters. The molecule has 2 aliphatic rings. The Morgan fingerprint density at radius 3 is 2.19 bits per heavy atom. The summed E-state index contributed by atoms with van der Waals surface area (Å²) in [7, 11) is 0. The molecule has 0 saturated carbocycles. The second-order valence-corrected chi connectivity index (χ2v) is 8.90. The smallest absolute Gasteiger partial charge is 0.321 e. The van der Waals surface area contributed by atoms with Crippen LogP contribution >= 0.6 is 0 Å². The Kier molecular flexibility index (Phi) is 6.23. The Bertz CT molecular complexity index is 592. The molecule has 2 aliphatic heterocycles. The Morgan fingerprint density at radius 1 is 1.04 bits per heavy atom. The molecule has 1 aromatic carbocycles. The summed E-state index contributed by atoms with van der Waals surface area (Å²) >= 11 is 0. The van der Waals surface area contributed by atoms with Crippen LogP contribution in [0.25, 0.3) is 0 Å². The predicted octanol–water partition coefficient (Wildman–Crippen LogP) is 4.53. The van der Waals surface area contributed by atoms with E-state index >= 15 is 0 Å². The fourth-order valence-electron chi connectivity index (χ4n) is 4.87. The van der Waals surface area contributed by atoms with Gasteiger partial charge in [-0.15, -0.1) is 0 Å². The first-order valence-electron chi connectivity index (χ1n) is 10.3. The molecular weight excluding hydrogens is 322 g/mol. The lowest BCUT2D eigenvalue weighted by Gasteiger charge is -2.39. The van der Waals surface area contributed by atoms with Crippen molar-refractivity contribution in [1.29, 1.82) is 0 Å². The summed E-state index contributed by atoms with van der Waals surface area (Å²) in [5.41, 5.74) is 3.28. The van der Waals surface area contributed by atoms with Crippen LogP contribution in [0.15, 0.2) is 18.2 Å². The highest BCUT2D eigenvalue weighted by Crippen LogP contribution is 2.25. The largest absolute Gasteiger partial charge is 0.325 e. The van der Waals surface area contributed by atoms with E-state index in [2.05, 4.69) is 44.0 Å². The fraction of sp³-hybridized carbons (Fsp3) is 0.682. The summed E-state index contributed by atoms with van der Waals surface area (Å²) in [5.74, 6) is 2.38. The van der Waals surface area contributed by atoms with Crippen molar-refractivity contribution in [3.05, 3.63) is 29.3 Å². The molecule has 3 rings (SSSR count). The summed E-state index contributed by atoms with van der Waals surface area (Å²) in [6, 6.07) is 6.25. The number of carbonyl (C=O) groups is 1. The van der Waals surface area contributed by atoms with Gasteiger partial charge in [0.25, 0.3) is 0 Å². The van der Waals surface area contributed by atoms with E-state index in [1.165, 1.54) is 37.2 Å². The number of carbonyl (C=O) groups excluding carboxylic acids is 1. The van der Waals surface area contributed by atoms with Crippen LogP contribution in [-0.2, 0) is 0 Å². The van der Waals surface area contributed by atoms with E-state index < -0.39 is 0 Å². The van der Waals surface area contributed by atoms with E-state index in [1.54, 1.807) is 0 Å². The topological polar surface area (TPSA) is 35.6 Å². The van der Waals surface area contributed by atoms with Gasteiger partial charge in [-0.25, -0.2) is 4.79 Å². The van der Waals surface area contributed by atoms with Crippen LogP contribution in [0, 0.1) is 31.6 Å². The minimum atomic E-state index is 0.0497. The quantitative estimate of drug-likeness (QED) is 0.863. The summed E-state index contributed by atoms with van der Waals surface area (Å²) in [5, 5.41) is 3.08. The van der Waals surface area contributed by atoms with Crippen LogP contribution in [0.5, 0.6) is 0 Å². The average molecular weight is 358 g/mol. The summed E-state index contributed by atoms with van der Waals surface area (Å²) in [4.78, 5) is 17.2. The van der Waals surface area contributed by atoms with E-state index in [4.69, 9.17) is 0 Å². The summed E-state index contributed by atoms with van der Waals surface area (Å²) in [6.07, 6.45) is 3.62. The molecule has 4 heteroatoms. The molecule has 1 aromatic rings. The monoisotopic (exact) mass is 357 g/mol. The number of benzene rings is 1. The number of amides is 2. The van der Waals surface area contributed by atoms with Crippen LogP contribution < -0.4 is 5.32 Å². The Balaban J connectivity index is 1.46. The first-order chi connectivity index (χ1) is 12.4. The van der Waals surface area contributed by atoms with Gasteiger partial charge in [0.2, 0.25) is 0 Å². The highest BCUT2D eigenvalue weighted by Gasteiger charge is 2.27. The molecule has 0 spiro atoms. The number of rotatable bonds is 3. The molecule has 0 unspecified atom stereocenters. The number of piperidine rings is 2. The number of nitrogens with zero attached hydrogens (tertiary/aromatic N) is 2. The molecule has 0 aromatic heterocycles. The van der Waals surface area contributed by atoms with E-state index in [1.807, 2.05) is 17.0 Å². The molecule has 2 heterocycles. The minimum absolute atomic E-state index is 0.0497. The first kappa shape index (κ1) is 19.2. The molecule has 0 aliphatic carbocycles. The lowest BCUT2D eigenvalue weighted by molar-refractivity contribution is 0.101. The zero-order valence-electron chi connectivity index (χ0n) is 16.9. The number of urea groups is 1. The maximum atomic E-state index is 12.6. The van der Waals surface area contributed by atoms with Crippen LogP contribution in [-0.4, -0.2) is 48.6 Å². The van der Waals surface area contributed by atoms with Gasteiger partial charge in [-0.3, -0.25) is 0 Å². The maximum Gasteiger partial charge on any atom is 0.321 e.